The SMILES string of the molecule is CCc1nc(SCC(=O)Nc2cccc3ccccc23)c2oc3ccccc3c2n1. The summed E-state index contributed by atoms with van der Waals surface area (Å²) in [5, 5.41) is 6.80. The monoisotopic (exact) mass is 413 g/mol. The molecule has 0 atom stereocenters. The van der Waals surface area contributed by atoms with Gasteiger partial charge in [0.05, 0.1) is 5.75 Å². The minimum absolute atomic E-state index is 0.0859. The summed E-state index contributed by atoms with van der Waals surface area (Å²) in [5.41, 5.74) is 3.02. The van der Waals surface area contributed by atoms with E-state index in [1.807, 2.05) is 73.7 Å². The lowest BCUT2D eigenvalue weighted by Crippen LogP contribution is -2.14. The van der Waals surface area contributed by atoms with Gasteiger partial charge >= 0.3 is 0 Å². The van der Waals surface area contributed by atoms with Crippen molar-refractivity contribution in [2.75, 3.05) is 11.1 Å². The smallest absolute Gasteiger partial charge is 0.234 e. The Kier molecular flexibility index (Phi) is 4.85. The van der Waals surface area contributed by atoms with E-state index in [4.69, 9.17) is 4.42 Å². The van der Waals surface area contributed by atoms with E-state index >= 15 is 0 Å². The quantitative estimate of drug-likeness (QED) is 0.290. The maximum absolute atomic E-state index is 12.7. The highest BCUT2D eigenvalue weighted by atomic mass is 32.2. The highest BCUT2D eigenvalue weighted by Gasteiger charge is 2.17. The van der Waals surface area contributed by atoms with Crippen LogP contribution >= 0.6 is 11.8 Å². The van der Waals surface area contributed by atoms with Crippen LogP contribution in [0, 0.1) is 0 Å². The first-order valence-corrected chi connectivity index (χ1v) is 10.8. The molecular weight excluding hydrogens is 394 g/mol. The summed E-state index contributed by atoms with van der Waals surface area (Å²) < 4.78 is 6.01. The number of carbonyl (C=O) groups is 1. The van der Waals surface area contributed by atoms with Crippen LogP contribution in [-0.2, 0) is 11.2 Å². The third-order valence-corrected chi connectivity index (χ3v) is 5.91. The molecule has 0 unspecified atom stereocenters. The van der Waals surface area contributed by atoms with Crippen LogP contribution in [-0.4, -0.2) is 21.6 Å². The minimum atomic E-state index is -0.0859. The Balaban J connectivity index is 1.42. The van der Waals surface area contributed by atoms with Crippen LogP contribution < -0.4 is 5.32 Å². The minimum Gasteiger partial charge on any atom is -0.451 e. The van der Waals surface area contributed by atoms with Gasteiger partial charge in [-0.15, -0.1) is 0 Å². The normalized spacial score (nSPS) is 11.4. The van der Waals surface area contributed by atoms with E-state index in [1.54, 1.807) is 0 Å². The topological polar surface area (TPSA) is 68.0 Å². The van der Waals surface area contributed by atoms with Gasteiger partial charge in [0.15, 0.2) is 5.58 Å². The second kappa shape index (κ2) is 7.80. The van der Waals surface area contributed by atoms with E-state index in [-0.39, 0.29) is 11.7 Å². The maximum Gasteiger partial charge on any atom is 0.234 e. The van der Waals surface area contributed by atoms with Crippen LogP contribution in [0.2, 0.25) is 0 Å². The van der Waals surface area contributed by atoms with Crippen LogP contribution in [0.15, 0.2) is 76.2 Å². The third kappa shape index (κ3) is 3.39. The molecule has 0 bridgehead atoms. The summed E-state index contributed by atoms with van der Waals surface area (Å²) in [6, 6.07) is 21.7. The van der Waals surface area contributed by atoms with Crippen molar-refractivity contribution in [1.29, 1.82) is 0 Å². The molecule has 30 heavy (non-hydrogen) atoms. The Labute approximate surface area is 177 Å². The predicted molar refractivity (Wildman–Crippen MR) is 122 cm³/mol. The summed E-state index contributed by atoms with van der Waals surface area (Å²) in [7, 11) is 0. The first-order chi connectivity index (χ1) is 14.7. The van der Waals surface area contributed by atoms with Gasteiger partial charge in [-0.05, 0) is 23.6 Å². The standard InChI is InChI=1S/C24H19N3O2S/c1-2-20-26-22-17-11-5-6-13-19(17)29-23(22)24(27-20)30-14-21(28)25-18-12-7-9-15-8-3-4-10-16(15)18/h3-13H,2,14H2,1H3,(H,25,28). The van der Waals surface area contributed by atoms with Crippen molar-refractivity contribution in [1.82, 2.24) is 9.97 Å². The molecule has 0 aliphatic heterocycles. The Hall–Kier alpha value is -3.38. The second-order valence-corrected chi connectivity index (χ2v) is 7.90. The molecule has 3 aromatic carbocycles. The molecule has 5 rings (SSSR count). The number of aryl methyl sites for hydroxylation is 1. The summed E-state index contributed by atoms with van der Waals surface area (Å²) in [5.74, 6) is 0.888. The van der Waals surface area contributed by atoms with Crippen molar-refractivity contribution in [2.24, 2.45) is 0 Å². The zero-order valence-corrected chi connectivity index (χ0v) is 17.2. The number of aromatic nitrogens is 2. The first kappa shape index (κ1) is 18.6. The van der Waals surface area contributed by atoms with Crippen LogP contribution in [0.25, 0.3) is 32.8 Å². The number of amides is 1. The molecule has 0 aliphatic carbocycles. The molecule has 148 valence electrons. The molecule has 0 fully saturated rings. The Morgan fingerprint density at radius 3 is 2.60 bits per heavy atom. The Morgan fingerprint density at radius 2 is 1.73 bits per heavy atom. The molecule has 2 aromatic heterocycles. The average molecular weight is 414 g/mol. The van der Waals surface area contributed by atoms with Gasteiger partial charge in [0, 0.05) is 22.9 Å². The van der Waals surface area contributed by atoms with Crippen LogP contribution in [0.3, 0.4) is 0 Å². The molecule has 1 amide bonds. The lowest BCUT2D eigenvalue weighted by Gasteiger charge is -2.09. The number of nitrogens with zero attached hydrogens (tertiary/aromatic N) is 2. The lowest BCUT2D eigenvalue weighted by molar-refractivity contribution is -0.113. The summed E-state index contributed by atoms with van der Waals surface area (Å²) in [6.45, 7) is 2.02. The number of hydrogen-bond acceptors (Lipinski definition) is 5. The number of thioether (sulfide) groups is 1. The lowest BCUT2D eigenvalue weighted by atomic mass is 10.1. The number of furan rings is 1. The van der Waals surface area contributed by atoms with Crippen LogP contribution in [0.1, 0.15) is 12.7 Å². The van der Waals surface area contributed by atoms with Crippen molar-refractivity contribution < 1.29 is 9.21 Å². The fourth-order valence-corrected chi connectivity index (χ4v) is 4.30. The number of anilines is 1. The van der Waals surface area contributed by atoms with Crippen LogP contribution in [0.4, 0.5) is 5.69 Å². The summed E-state index contributed by atoms with van der Waals surface area (Å²) in [4.78, 5) is 22.0. The first-order valence-electron chi connectivity index (χ1n) is 9.81. The molecule has 1 N–H and O–H groups in total. The van der Waals surface area contributed by atoms with Gasteiger partial charge in [-0.3, -0.25) is 4.79 Å². The fraction of sp³-hybridized carbons (Fsp3) is 0.125. The van der Waals surface area contributed by atoms with Gasteiger partial charge in [-0.1, -0.05) is 67.2 Å². The van der Waals surface area contributed by atoms with Gasteiger partial charge in [0.1, 0.15) is 22.0 Å². The molecule has 2 heterocycles. The van der Waals surface area contributed by atoms with Gasteiger partial charge < -0.3 is 9.73 Å². The number of nitrogens with one attached hydrogen (secondary N) is 1. The van der Waals surface area contributed by atoms with E-state index in [2.05, 4.69) is 15.3 Å². The molecule has 0 saturated heterocycles. The molecule has 0 spiro atoms. The zero-order chi connectivity index (χ0) is 20.5. The maximum atomic E-state index is 12.7. The highest BCUT2D eigenvalue weighted by molar-refractivity contribution is 8.00. The molecule has 6 heteroatoms. The van der Waals surface area contributed by atoms with Crippen molar-refractivity contribution >= 4 is 56.2 Å². The van der Waals surface area contributed by atoms with Gasteiger partial charge in [0.25, 0.3) is 0 Å². The average Bonchev–Trinajstić information content (AvgIpc) is 3.16. The number of benzene rings is 3. The molecule has 0 aliphatic rings. The predicted octanol–water partition coefficient (Wildman–Crippen LogP) is 5.82. The largest absolute Gasteiger partial charge is 0.451 e. The zero-order valence-electron chi connectivity index (χ0n) is 16.4. The molecule has 5 nitrogen and oxygen atoms in total. The molecule has 5 aromatic rings. The molecular formula is C24H19N3O2S. The number of rotatable bonds is 5. The van der Waals surface area contributed by atoms with E-state index in [0.717, 1.165) is 38.8 Å². The summed E-state index contributed by atoms with van der Waals surface area (Å²) in [6.07, 6.45) is 0.714. The number of carbonyl (C=O) groups excluding carboxylic acids is 1. The fourth-order valence-electron chi connectivity index (χ4n) is 3.52. The number of hydrogen-bond donors (Lipinski definition) is 1. The van der Waals surface area contributed by atoms with E-state index in [1.165, 1.54) is 11.8 Å². The number of fused-ring (bicyclic) bond motifs is 4. The molecule has 0 saturated carbocycles. The highest BCUT2D eigenvalue weighted by Crippen LogP contribution is 2.33. The van der Waals surface area contributed by atoms with Gasteiger partial charge in [-0.25, -0.2) is 9.97 Å². The summed E-state index contributed by atoms with van der Waals surface area (Å²) >= 11 is 1.37. The number of para-hydroxylation sites is 1. The van der Waals surface area contributed by atoms with Crippen molar-refractivity contribution in [3.8, 4) is 0 Å². The van der Waals surface area contributed by atoms with E-state index in [0.29, 0.717) is 17.0 Å². The van der Waals surface area contributed by atoms with Crippen molar-refractivity contribution in [3.63, 3.8) is 0 Å². The van der Waals surface area contributed by atoms with Crippen LogP contribution in [0.5, 0.6) is 0 Å². The van der Waals surface area contributed by atoms with Crippen molar-refractivity contribution in [3.05, 3.63) is 72.6 Å². The Morgan fingerprint density at radius 1 is 0.967 bits per heavy atom. The van der Waals surface area contributed by atoms with Gasteiger partial charge in [-0.2, -0.15) is 0 Å². The van der Waals surface area contributed by atoms with Gasteiger partial charge in [0.2, 0.25) is 5.91 Å². The van der Waals surface area contributed by atoms with E-state index in [9.17, 15) is 4.79 Å². The van der Waals surface area contributed by atoms with Crippen molar-refractivity contribution in [2.45, 2.75) is 18.4 Å². The second-order valence-electron chi connectivity index (χ2n) is 6.94. The van der Waals surface area contributed by atoms with E-state index < -0.39 is 0 Å². The molecule has 0 radical (unpaired) electrons. The Bertz CT molecular complexity index is 1390. The third-order valence-electron chi connectivity index (χ3n) is 4.95.